The fourth-order valence-corrected chi connectivity index (χ4v) is 2.80. The third-order valence-electron chi connectivity index (χ3n) is 3.70. The molecule has 4 heteroatoms. The first kappa shape index (κ1) is 12.4. The normalized spacial score (nSPS) is 14.4. The van der Waals surface area contributed by atoms with E-state index in [-0.39, 0.29) is 5.82 Å². The molecule has 1 aliphatic rings. The summed E-state index contributed by atoms with van der Waals surface area (Å²) in [5.74, 6) is -0.192. The van der Waals surface area contributed by atoms with E-state index < -0.39 is 0 Å². The van der Waals surface area contributed by atoms with Crippen molar-refractivity contribution in [2.24, 2.45) is 0 Å². The van der Waals surface area contributed by atoms with E-state index in [2.05, 4.69) is 14.9 Å². The number of imidazole rings is 1. The van der Waals surface area contributed by atoms with Crippen LogP contribution in [0.3, 0.4) is 0 Å². The van der Waals surface area contributed by atoms with Crippen LogP contribution in [0.2, 0.25) is 0 Å². The van der Waals surface area contributed by atoms with Gasteiger partial charge in [0.15, 0.2) is 0 Å². The molecule has 0 amide bonds. The fourth-order valence-electron chi connectivity index (χ4n) is 2.80. The molecule has 1 aliphatic carbocycles. The molecule has 0 atom stereocenters. The van der Waals surface area contributed by atoms with Gasteiger partial charge in [0.25, 0.3) is 0 Å². The lowest BCUT2D eigenvalue weighted by Gasteiger charge is -2.16. The van der Waals surface area contributed by atoms with Crippen molar-refractivity contribution >= 4 is 0 Å². The molecule has 1 N–H and O–H groups in total. The largest absolute Gasteiger partial charge is 0.316 e. The molecule has 100 valence electrons. The average Bonchev–Trinajstić information content (AvgIpc) is 2.83. The Labute approximate surface area is 112 Å². The number of fused-ring (bicyclic) bond motifs is 1. The van der Waals surface area contributed by atoms with Gasteiger partial charge in [-0.3, -0.25) is 0 Å². The molecule has 0 unspecified atom stereocenters. The molecule has 0 saturated carbocycles. The van der Waals surface area contributed by atoms with Crippen LogP contribution in [0.5, 0.6) is 0 Å². The molecule has 3 nitrogen and oxygen atoms in total. The summed E-state index contributed by atoms with van der Waals surface area (Å²) in [7, 11) is 1.87. The van der Waals surface area contributed by atoms with Crippen LogP contribution in [-0.4, -0.2) is 16.6 Å². The van der Waals surface area contributed by atoms with Crippen molar-refractivity contribution in [3.8, 4) is 5.69 Å². The SMILES string of the molecule is CNCc1cc(F)ccc1-n1cnc2c1CCCC2. The van der Waals surface area contributed by atoms with Crippen molar-refractivity contribution in [1.82, 2.24) is 14.9 Å². The van der Waals surface area contributed by atoms with Crippen LogP contribution in [0.1, 0.15) is 29.8 Å². The Morgan fingerprint density at radius 1 is 1.32 bits per heavy atom. The lowest BCUT2D eigenvalue weighted by molar-refractivity contribution is 0.621. The van der Waals surface area contributed by atoms with E-state index in [0.29, 0.717) is 6.54 Å². The summed E-state index contributed by atoms with van der Waals surface area (Å²) >= 11 is 0. The number of aromatic nitrogens is 2. The topological polar surface area (TPSA) is 29.9 Å². The molecule has 2 aromatic rings. The van der Waals surface area contributed by atoms with Crippen LogP contribution in [0.15, 0.2) is 24.5 Å². The van der Waals surface area contributed by atoms with Crippen LogP contribution < -0.4 is 5.32 Å². The van der Waals surface area contributed by atoms with Crippen LogP contribution in [-0.2, 0) is 19.4 Å². The number of nitrogens with zero attached hydrogens (tertiary/aromatic N) is 2. The van der Waals surface area contributed by atoms with Crippen molar-refractivity contribution < 1.29 is 4.39 Å². The van der Waals surface area contributed by atoms with E-state index in [0.717, 1.165) is 24.1 Å². The molecule has 19 heavy (non-hydrogen) atoms. The predicted molar refractivity (Wildman–Crippen MR) is 72.9 cm³/mol. The first-order chi connectivity index (χ1) is 9.29. The Hall–Kier alpha value is -1.68. The molecule has 0 radical (unpaired) electrons. The highest BCUT2D eigenvalue weighted by Gasteiger charge is 2.17. The maximum absolute atomic E-state index is 13.4. The summed E-state index contributed by atoms with van der Waals surface area (Å²) in [5.41, 5.74) is 4.49. The van der Waals surface area contributed by atoms with Gasteiger partial charge in [-0.1, -0.05) is 0 Å². The highest BCUT2D eigenvalue weighted by atomic mass is 19.1. The highest BCUT2D eigenvalue weighted by Crippen LogP contribution is 2.25. The van der Waals surface area contributed by atoms with Crippen LogP contribution >= 0.6 is 0 Å². The summed E-state index contributed by atoms with van der Waals surface area (Å²) in [6.07, 6.45) is 6.43. The molecule has 1 aromatic heterocycles. The molecule has 0 saturated heterocycles. The third-order valence-corrected chi connectivity index (χ3v) is 3.70. The number of nitrogens with one attached hydrogen (secondary N) is 1. The predicted octanol–water partition coefficient (Wildman–Crippen LogP) is 2.61. The first-order valence-corrected chi connectivity index (χ1v) is 6.78. The van der Waals surface area contributed by atoms with E-state index in [1.165, 1.54) is 30.3 Å². The molecule has 0 spiro atoms. The number of aryl methyl sites for hydroxylation is 1. The molecule has 1 heterocycles. The Bertz CT molecular complexity index is 589. The molecule has 0 aliphatic heterocycles. The molecule has 0 fully saturated rings. The lowest BCUT2D eigenvalue weighted by atomic mass is 10.0. The minimum atomic E-state index is -0.192. The molecule has 3 rings (SSSR count). The van der Waals surface area contributed by atoms with Gasteiger partial charge in [-0.2, -0.15) is 0 Å². The van der Waals surface area contributed by atoms with Gasteiger partial charge in [0, 0.05) is 12.2 Å². The van der Waals surface area contributed by atoms with Crippen molar-refractivity contribution in [2.45, 2.75) is 32.2 Å². The zero-order chi connectivity index (χ0) is 13.2. The van der Waals surface area contributed by atoms with Gasteiger partial charge in [-0.05, 0) is 56.5 Å². The molecular weight excluding hydrogens is 241 g/mol. The Kier molecular flexibility index (Phi) is 3.34. The van der Waals surface area contributed by atoms with Crippen molar-refractivity contribution in [3.63, 3.8) is 0 Å². The first-order valence-electron chi connectivity index (χ1n) is 6.78. The second-order valence-electron chi connectivity index (χ2n) is 5.02. The summed E-state index contributed by atoms with van der Waals surface area (Å²) in [6, 6.07) is 4.96. The third kappa shape index (κ3) is 2.28. The summed E-state index contributed by atoms with van der Waals surface area (Å²) in [6.45, 7) is 0.653. The number of rotatable bonds is 3. The number of hydrogen-bond acceptors (Lipinski definition) is 2. The van der Waals surface area contributed by atoms with Crippen LogP contribution in [0.4, 0.5) is 4.39 Å². The smallest absolute Gasteiger partial charge is 0.123 e. The number of hydrogen-bond donors (Lipinski definition) is 1. The van der Waals surface area contributed by atoms with Crippen molar-refractivity contribution in [2.75, 3.05) is 7.05 Å². The summed E-state index contributed by atoms with van der Waals surface area (Å²) in [5, 5.41) is 3.09. The van der Waals surface area contributed by atoms with Gasteiger partial charge in [-0.15, -0.1) is 0 Å². The molecule has 1 aromatic carbocycles. The standard InChI is InChI=1S/C15H18FN3/c1-17-9-11-8-12(16)6-7-14(11)19-10-18-13-4-2-3-5-15(13)19/h6-8,10,17H,2-5,9H2,1H3. The second kappa shape index (κ2) is 5.13. The number of benzene rings is 1. The van der Waals surface area contributed by atoms with Crippen molar-refractivity contribution in [1.29, 1.82) is 0 Å². The minimum absolute atomic E-state index is 0.192. The maximum atomic E-state index is 13.4. The quantitative estimate of drug-likeness (QED) is 0.918. The van der Waals surface area contributed by atoms with Crippen molar-refractivity contribution in [3.05, 3.63) is 47.3 Å². The van der Waals surface area contributed by atoms with Gasteiger partial charge >= 0.3 is 0 Å². The van der Waals surface area contributed by atoms with Gasteiger partial charge in [0.2, 0.25) is 0 Å². The van der Waals surface area contributed by atoms with Gasteiger partial charge in [-0.25, -0.2) is 9.37 Å². The van der Waals surface area contributed by atoms with E-state index >= 15 is 0 Å². The number of halogens is 1. The second-order valence-corrected chi connectivity index (χ2v) is 5.02. The highest BCUT2D eigenvalue weighted by molar-refractivity contribution is 5.44. The Balaban J connectivity index is 2.08. The summed E-state index contributed by atoms with van der Waals surface area (Å²) in [4.78, 5) is 4.51. The van der Waals surface area contributed by atoms with E-state index in [1.54, 1.807) is 6.07 Å². The van der Waals surface area contributed by atoms with E-state index in [1.807, 2.05) is 19.4 Å². The zero-order valence-electron chi connectivity index (χ0n) is 11.1. The average molecular weight is 259 g/mol. The zero-order valence-corrected chi connectivity index (χ0v) is 11.1. The lowest BCUT2D eigenvalue weighted by Crippen LogP contribution is -2.12. The Morgan fingerprint density at radius 3 is 3.00 bits per heavy atom. The maximum Gasteiger partial charge on any atom is 0.123 e. The van der Waals surface area contributed by atoms with Crippen LogP contribution in [0, 0.1) is 5.82 Å². The monoisotopic (exact) mass is 259 g/mol. The van der Waals surface area contributed by atoms with E-state index in [4.69, 9.17) is 0 Å². The molecular formula is C15H18FN3. The van der Waals surface area contributed by atoms with Gasteiger partial charge in [0.1, 0.15) is 5.82 Å². The molecule has 0 bridgehead atoms. The Morgan fingerprint density at radius 2 is 2.16 bits per heavy atom. The summed E-state index contributed by atoms with van der Waals surface area (Å²) < 4.78 is 15.5. The van der Waals surface area contributed by atoms with Crippen LogP contribution in [0.25, 0.3) is 5.69 Å². The van der Waals surface area contributed by atoms with Gasteiger partial charge < -0.3 is 9.88 Å². The fraction of sp³-hybridized carbons (Fsp3) is 0.400. The minimum Gasteiger partial charge on any atom is -0.316 e. The van der Waals surface area contributed by atoms with E-state index in [9.17, 15) is 4.39 Å². The van der Waals surface area contributed by atoms with Gasteiger partial charge in [0.05, 0.1) is 17.7 Å².